The molecule has 0 unspecified atom stereocenters. The fraction of sp³-hybridized carbons (Fsp3) is 0.316. The van der Waals surface area contributed by atoms with Crippen molar-refractivity contribution in [3.63, 3.8) is 0 Å². The van der Waals surface area contributed by atoms with Gasteiger partial charge in [-0.25, -0.2) is 4.98 Å². The van der Waals surface area contributed by atoms with Crippen LogP contribution in [0.1, 0.15) is 33.2 Å². The Balaban J connectivity index is 1.81. The SMILES string of the molecule is Cc1csc(CN(C)C(=O)/C=C/c2ccc(C(F)(F)F)cc2Cn2nnc(C)n2)n1. The van der Waals surface area contributed by atoms with E-state index < -0.39 is 11.7 Å². The molecule has 0 N–H and O–H groups in total. The number of aryl methyl sites for hydroxylation is 2. The number of hydrogen-bond acceptors (Lipinski definition) is 6. The van der Waals surface area contributed by atoms with Crippen molar-refractivity contribution in [3.05, 3.63) is 62.9 Å². The Kier molecular flexibility index (Phi) is 6.30. The van der Waals surface area contributed by atoms with Gasteiger partial charge in [0.25, 0.3) is 0 Å². The van der Waals surface area contributed by atoms with Gasteiger partial charge in [0.15, 0.2) is 5.82 Å². The van der Waals surface area contributed by atoms with Gasteiger partial charge in [-0.15, -0.1) is 21.5 Å². The molecule has 30 heavy (non-hydrogen) atoms. The molecule has 0 aliphatic heterocycles. The first-order chi connectivity index (χ1) is 14.1. The summed E-state index contributed by atoms with van der Waals surface area (Å²) in [5, 5.41) is 14.3. The van der Waals surface area contributed by atoms with Crippen LogP contribution in [0.25, 0.3) is 6.08 Å². The molecular formula is C19H19F3N6OS. The number of aromatic nitrogens is 5. The Morgan fingerprint density at radius 3 is 2.67 bits per heavy atom. The normalized spacial score (nSPS) is 11.9. The van der Waals surface area contributed by atoms with Crippen LogP contribution in [0.3, 0.4) is 0 Å². The molecule has 0 bridgehead atoms. The maximum absolute atomic E-state index is 13.1. The summed E-state index contributed by atoms with van der Waals surface area (Å²) in [5.41, 5.74) is 0.890. The molecule has 0 radical (unpaired) electrons. The Labute approximate surface area is 174 Å². The quantitative estimate of drug-likeness (QED) is 0.553. The van der Waals surface area contributed by atoms with Gasteiger partial charge >= 0.3 is 6.18 Å². The molecule has 0 spiro atoms. The highest BCUT2D eigenvalue weighted by molar-refractivity contribution is 7.09. The number of alkyl halides is 3. The summed E-state index contributed by atoms with van der Waals surface area (Å²) in [6, 6.07) is 3.34. The van der Waals surface area contributed by atoms with Crippen LogP contribution in [0.5, 0.6) is 0 Å². The molecule has 1 aromatic carbocycles. The zero-order valence-corrected chi connectivity index (χ0v) is 17.3. The summed E-state index contributed by atoms with van der Waals surface area (Å²) in [4.78, 5) is 19.4. The number of rotatable bonds is 6. The Hall–Kier alpha value is -3.08. The molecular weight excluding hydrogens is 417 g/mol. The lowest BCUT2D eigenvalue weighted by atomic mass is 10.0. The number of likely N-dealkylation sites (N-methyl/N-ethyl adjacent to an activating group) is 1. The molecule has 158 valence electrons. The summed E-state index contributed by atoms with van der Waals surface area (Å²) < 4.78 is 39.4. The summed E-state index contributed by atoms with van der Waals surface area (Å²) in [5.74, 6) is 0.122. The first-order valence-corrected chi connectivity index (χ1v) is 9.78. The third-order valence-corrected chi connectivity index (χ3v) is 5.11. The fourth-order valence-corrected chi connectivity index (χ4v) is 3.49. The van der Waals surface area contributed by atoms with Gasteiger partial charge in [-0.3, -0.25) is 4.79 Å². The smallest absolute Gasteiger partial charge is 0.335 e. The van der Waals surface area contributed by atoms with Crippen molar-refractivity contribution in [2.45, 2.75) is 33.1 Å². The van der Waals surface area contributed by atoms with E-state index in [9.17, 15) is 18.0 Å². The topological polar surface area (TPSA) is 76.8 Å². The molecule has 7 nitrogen and oxygen atoms in total. The number of nitrogens with zero attached hydrogens (tertiary/aromatic N) is 6. The number of hydrogen-bond donors (Lipinski definition) is 0. The molecule has 11 heteroatoms. The molecule has 2 heterocycles. The summed E-state index contributed by atoms with van der Waals surface area (Å²) in [6.45, 7) is 3.85. The largest absolute Gasteiger partial charge is 0.416 e. The summed E-state index contributed by atoms with van der Waals surface area (Å²) in [7, 11) is 1.64. The minimum atomic E-state index is -4.48. The summed E-state index contributed by atoms with van der Waals surface area (Å²) >= 11 is 1.46. The van der Waals surface area contributed by atoms with E-state index >= 15 is 0 Å². The van der Waals surface area contributed by atoms with Crippen molar-refractivity contribution in [2.24, 2.45) is 0 Å². The molecule has 0 aliphatic rings. The van der Waals surface area contributed by atoms with Gasteiger partial charge in [0.1, 0.15) is 5.01 Å². The minimum absolute atomic E-state index is 0.00709. The van der Waals surface area contributed by atoms with Crippen LogP contribution < -0.4 is 0 Å². The average Bonchev–Trinajstić information content (AvgIpc) is 3.27. The van der Waals surface area contributed by atoms with E-state index in [0.29, 0.717) is 23.5 Å². The molecule has 3 rings (SSSR count). The minimum Gasteiger partial charge on any atom is -0.335 e. The van der Waals surface area contributed by atoms with Crippen LogP contribution >= 0.6 is 11.3 Å². The number of tetrazole rings is 1. The van der Waals surface area contributed by atoms with Crippen molar-refractivity contribution in [2.75, 3.05) is 7.05 Å². The molecule has 0 atom stereocenters. The number of halogens is 3. The van der Waals surface area contributed by atoms with Crippen molar-refractivity contribution in [1.29, 1.82) is 0 Å². The second kappa shape index (κ2) is 8.74. The van der Waals surface area contributed by atoms with E-state index in [2.05, 4.69) is 20.4 Å². The highest BCUT2D eigenvalue weighted by atomic mass is 32.1. The molecule has 1 amide bonds. The molecule has 0 fully saturated rings. The van der Waals surface area contributed by atoms with Crippen molar-refractivity contribution in [3.8, 4) is 0 Å². The van der Waals surface area contributed by atoms with Crippen LogP contribution in [0.15, 0.2) is 29.7 Å². The van der Waals surface area contributed by atoms with E-state index in [1.165, 1.54) is 39.3 Å². The molecule has 0 aliphatic carbocycles. The third-order valence-electron chi connectivity index (χ3n) is 4.16. The van der Waals surface area contributed by atoms with E-state index in [-0.39, 0.29) is 12.5 Å². The van der Waals surface area contributed by atoms with E-state index in [1.54, 1.807) is 14.0 Å². The maximum atomic E-state index is 13.1. The fourth-order valence-electron chi connectivity index (χ4n) is 2.67. The number of carbonyl (C=O) groups excluding carboxylic acids is 1. The highest BCUT2D eigenvalue weighted by Crippen LogP contribution is 2.31. The summed E-state index contributed by atoms with van der Waals surface area (Å²) in [6.07, 6.45) is -1.66. The number of benzene rings is 1. The number of amides is 1. The monoisotopic (exact) mass is 436 g/mol. The average molecular weight is 436 g/mol. The Morgan fingerprint density at radius 2 is 2.07 bits per heavy atom. The van der Waals surface area contributed by atoms with E-state index in [4.69, 9.17) is 0 Å². The molecule has 2 aromatic heterocycles. The van der Waals surface area contributed by atoms with Crippen LogP contribution in [0.4, 0.5) is 13.2 Å². The lowest BCUT2D eigenvalue weighted by Crippen LogP contribution is -2.24. The number of thiazole rings is 1. The highest BCUT2D eigenvalue weighted by Gasteiger charge is 2.31. The van der Waals surface area contributed by atoms with Crippen LogP contribution in [0, 0.1) is 13.8 Å². The van der Waals surface area contributed by atoms with Gasteiger partial charge in [-0.2, -0.15) is 18.0 Å². The second-order valence-corrected chi connectivity index (χ2v) is 7.63. The van der Waals surface area contributed by atoms with Crippen LogP contribution in [-0.4, -0.2) is 43.0 Å². The maximum Gasteiger partial charge on any atom is 0.416 e. The standard InChI is InChI=1S/C19H19F3N6OS/c1-12-11-30-17(23-12)10-27(3)18(29)7-5-14-4-6-16(19(20,21)22)8-15(14)9-28-25-13(2)24-26-28/h4-8,11H,9-10H2,1-3H3/b7-5+. The third kappa shape index (κ3) is 5.50. The van der Waals surface area contributed by atoms with Crippen LogP contribution in [0.2, 0.25) is 0 Å². The first-order valence-electron chi connectivity index (χ1n) is 8.90. The predicted molar refractivity (Wildman–Crippen MR) is 105 cm³/mol. The lowest BCUT2D eigenvalue weighted by Gasteiger charge is -2.14. The molecule has 0 saturated heterocycles. The zero-order valence-electron chi connectivity index (χ0n) is 16.5. The molecule has 3 aromatic rings. The van der Waals surface area contributed by atoms with Gasteiger partial charge in [0, 0.05) is 24.2 Å². The Bertz CT molecular complexity index is 1070. The lowest BCUT2D eigenvalue weighted by molar-refractivity contribution is -0.137. The Morgan fingerprint density at radius 1 is 1.30 bits per heavy atom. The first kappa shape index (κ1) is 21.6. The van der Waals surface area contributed by atoms with Crippen molar-refractivity contribution < 1.29 is 18.0 Å². The number of carbonyl (C=O) groups is 1. The second-order valence-electron chi connectivity index (χ2n) is 6.69. The van der Waals surface area contributed by atoms with Gasteiger partial charge in [-0.1, -0.05) is 6.07 Å². The van der Waals surface area contributed by atoms with Gasteiger partial charge in [0.2, 0.25) is 5.91 Å². The van der Waals surface area contributed by atoms with Crippen molar-refractivity contribution >= 4 is 23.3 Å². The van der Waals surface area contributed by atoms with E-state index in [1.807, 2.05) is 12.3 Å². The molecule has 0 saturated carbocycles. The van der Waals surface area contributed by atoms with Gasteiger partial charge in [-0.05, 0) is 48.4 Å². The van der Waals surface area contributed by atoms with Crippen LogP contribution in [-0.2, 0) is 24.1 Å². The van der Waals surface area contributed by atoms with E-state index in [0.717, 1.165) is 22.8 Å². The van der Waals surface area contributed by atoms with Crippen molar-refractivity contribution in [1.82, 2.24) is 30.1 Å². The predicted octanol–water partition coefficient (Wildman–Crippen LogP) is 3.49. The van der Waals surface area contributed by atoms with Gasteiger partial charge < -0.3 is 4.90 Å². The van der Waals surface area contributed by atoms with Gasteiger partial charge in [0.05, 0.1) is 18.7 Å². The zero-order chi connectivity index (χ0) is 21.9.